The minimum absolute atomic E-state index is 0.0343. The summed E-state index contributed by atoms with van der Waals surface area (Å²) in [6.45, 7) is 6.85. The van der Waals surface area contributed by atoms with E-state index in [-0.39, 0.29) is 11.1 Å². The van der Waals surface area contributed by atoms with E-state index < -0.39 is 0 Å². The van der Waals surface area contributed by atoms with Gasteiger partial charge in [-0.3, -0.25) is 4.99 Å². The van der Waals surface area contributed by atoms with E-state index in [0.29, 0.717) is 12.5 Å². The molecule has 88 valence electrons. The first-order chi connectivity index (χ1) is 6.87. The average molecular weight is 213 g/mol. The second-order valence-electron chi connectivity index (χ2n) is 5.32. The van der Waals surface area contributed by atoms with Crippen LogP contribution in [0.1, 0.15) is 40.0 Å². The second-order valence-corrected chi connectivity index (χ2v) is 5.32. The lowest BCUT2D eigenvalue weighted by molar-refractivity contribution is -0.0630. The van der Waals surface area contributed by atoms with E-state index in [9.17, 15) is 0 Å². The van der Waals surface area contributed by atoms with Gasteiger partial charge in [0.05, 0.1) is 12.1 Å². The zero-order valence-electron chi connectivity index (χ0n) is 10.3. The monoisotopic (exact) mass is 213 g/mol. The Morgan fingerprint density at radius 3 is 2.40 bits per heavy atom. The number of nitrogens with two attached hydrogens (primary N) is 1. The molecule has 0 aromatic rings. The molecule has 1 saturated carbocycles. The maximum Gasteiger partial charge on any atom is 0.189 e. The van der Waals surface area contributed by atoms with Gasteiger partial charge in [0.25, 0.3) is 0 Å². The van der Waals surface area contributed by atoms with Crippen molar-refractivity contribution in [3.63, 3.8) is 0 Å². The largest absolute Gasteiger partial charge is 0.376 e. The van der Waals surface area contributed by atoms with Gasteiger partial charge < -0.3 is 15.8 Å². The van der Waals surface area contributed by atoms with Crippen LogP contribution in [0.3, 0.4) is 0 Å². The molecule has 0 atom stereocenters. The third kappa shape index (κ3) is 3.70. The van der Waals surface area contributed by atoms with Crippen molar-refractivity contribution in [2.24, 2.45) is 10.7 Å². The van der Waals surface area contributed by atoms with Gasteiger partial charge in [-0.15, -0.1) is 0 Å². The number of nitrogens with zero attached hydrogens (tertiary/aromatic N) is 1. The van der Waals surface area contributed by atoms with Crippen LogP contribution in [0, 0.1) is 0 Å². The van der Waals surface area contributed by atoms with Crippen molar-refractivity contribution in [3.8, 4) is 0 Å². The number of hydrogen-bond acceptors (Lipinski definition) is 2. The fourth-order valence-corrected chi connectivity index (χ4v) is 1.65. The van der Waals surface area contributed by atoms with Crippen molar-refractivity contribution in [2.75, 3.05) is 13.7 Å². The Labute approximate surface area is 92.3 Å². The quantitative estimate of drug-likeness (QED) is 0.548. The molecule has 3 N–H and O–H groups in total. The lowest BCUT2D eigenvalue weighted by Gasteiger charge is -2.39. The predicted molar refractivity (Wildman–Crippen MR) is 63.0 cm³/mol. The van der Waals surface area contributed by atoms with Crippen LogP contribution in [0.15, 0.2) is 4.99 Å². The first kappa shape index (κ1) is 12.3. The first-order valence-corrected chi connectivity index (χ1v) is 5.50. The van der Waals surface area contributed by atoms with E-state index in [1.807, 2.05) is 0 Å². The molecule has 0 aromatic carbocycles. The first-order valence-electron chi connectivity index (χ1n) is 5.50. The third-order valence-corrected chi connectivity index (χ3v) is 2.74. The molecule has 0 saturated heterocycles. The molecule has 0 spiro atoms. The van der Waals surface area contributed by atoms with E-state index >= 15 is 0 Å². The van der Waals surface area contributed by atoms with Gasteiger partial charge in [-0.1, -0.05) is 0 Å². The van der Waals surface area contributed by atoms with Crippen LogP contribution in [-0.2, 0) is 4.74 Å². The van der Waals surface area contributed by atoms with Crippen molar-refractivity contribution in [1.29, 1.82) is 0 Å². The van der Waals surface area contributed by atoms with Crippen molar-refractivity contribution < 1.29 is 4.74 Å². The maximum absolute atomic E-state index is 5.78. The fourth-order valence-electron chi connectivity index (χ4n) is 1.65. The van der Waals surface area contributed by atoms with Crippen molar-refractivity contribution in [1.82, 2.24) is 5.32 Å². The van der Waals surface area contributed by atoms with Gasteiger partial charge in [0.15, 0.2) is 5.96 Å². The number of hydrogen-bond donors (Lipinski definition) is 2. The number of guanidine groups is 1. The molecule has 1 aliphatic carbocycles. The second kappa shape index (κ2) is 4.39. The molecule has 0 bridgehead atoms. The Bertz CT molecular complexity index is 233. The van der Waals surface area contributed by atoms with Gasteiger partial charge in [-0.2, -0.15) is 0 Å². The fraction of sp³-hybridized carbons (Fsp3) is 0.909. The van der Waals surface area contributed by atoms with Gasteiger partial charge in [-0.05, 0) is 40.0 Å². The third-order valence-electron chi connectivity index (χ3n) is 2.74. The SMILES string of the molecule is COC1(CN=C(N)NC(C)(C)C)CCC1. The van der Waals surface area contributed by atoms with Crippen LogP contribution in [0.4, 0.5) is 0 Å². The molecule has 0 amide bonds. The zero-order chi connectivity index (χ0) is 11.5. The number of rotatable bonds is 3. The van der Waals surface area contributed by atoms with Gasteiger partial charge in [0.1, 0.15) is 0 Å². The van der Waals surface area contributed by atoms with Gasteiger partial charge in [-0.25, -0.2) is 0 Å². The summed E-state index contributed by atoms with van der Waals surface area (Å²) in [5.41, 5.74) is 5.71. The highest BCUT2D eigenvalue weighted by Crippen LogP contribution is 2.35. The summed E-state index contributed by atoms with van der Waals surface area (Å²) >= 11 is 0. The minimum atomic E-state index is -0.0375. The van der Waals surface area contributed by atoms with E-state index in [1.165, 1.54) is 6.42 Å². The summed E-state index contributed by atoms with van der Waals surface area (Å²) in [6.07, 6.45) is 3.42. The molecule has 4 heteroatoms. The lowest BCUT2D eigenvalue weighted by Crippen LogP contribution is -2.47. The highest BCUT2D eigenvalue weighted by Gasteiger charge is 2.36. The summed E-state index contributed by atoms with van der Waals surface area (Å²) in [5.74, 6) is 0.505. The number of methoxy groups -OCH3 is 1. The zero-order valence-corrected chi connectivity index (χ0v) is 10.3. The maximum atomic E-state index is 5.78. The van der Waals surface area contributed by atoms with Crippen molar-refractivity contribution in [2.45, 2.75) is 51.2 Å². The van der Waals surface area contributed by atoms with Crippen LogP contribution in [0.2, 0.25) is 0 Å². The number of aliphatic imine (C=N–C) groups is 1. The van der Waals surface area contributed by atoms with Crippen molar-refractivity contribution >= 4 is 5.96 Å². The molecule has 0 aromatic heterocycles. The average Bonchev–Trinajstić information content (AvgIpc) is 1.99. The molecule has 0 unspecified atom stereocenters. The summed E-state index contributed by atoms with van der Waals surface area (Å²) < 4.78 is 5.46. The Hall–Kier alpha value is -0.770. The molecule has 1 fully saturated rings. The molecule has 0 radical (unpaired) electrons. The van der Waals surface area contributed by atoms with Crippen LogP contribution >= 0.6 is 0 Å². The standard InChI is InChI=1S/C11H23N3O/c1-10(2,3)14-9(12)13-8-11(15-4)6-5-7-11/h5-8H2,1-4H3,(H3,12,13,14). The molecule has 0 aliphatic heterocycles. The molecule has 0 heterocycles. The summed E-state index contributed by atoms with van der Waals surface area (Å²) in [6, 6.07) is 0. The molecular formula is C11H23N3O. The van der Waals surface area contributed by atoms with Crippen LogP contribution in [0.25, 0.3) is 0 Å². The predicted octanol–water partition coefficient (Wildman–Crippen LogP) is 1.26. The van der Waals surface area contributed by atoms with Crippen molar-refractivity contribution in [3.05, 3.63) is 0 Å². The topological polar surface area (TPSA) is 59.6 Å². The van der Waals surface area contributed by atoms with E-state index in [0.717, 1.165) is 12.8 Å². The smallest absolute Gasteiger partial charge is 0.189 e. The Balaban J connectivity index is 2.42. The van der Waals surface area contributed by atoms with Crippen LogP contribution < -0.4 is 11.1 Å². The molecule has 4 nitrogen and oxygen atoms in total. The minimum Gasteiger partial charge on any atom is -0.376 e. The van der Waals surface area contributed by atoms with Crippen LogP contribution in [-0.4, -0.2) is 30.8 Å². The molecule has 15 heavy (non-hydrogen) atoms. The molecule has 1 aliphatic rings. The molecular weight excluding hydrogens is 190 g/mol. The number of ether oxygens (including phenoxy) is 1. The highest BCUT2D eigenvalue weighted by atomic mass is 16.5. The Morgan fingerprint density at radius 1 is 1.47 bits per heavy atom. The normalized spacial score (nSPS) is 20.9. The Morgan fingerprint density at radius 2 is 2.07 bits per heavy atom. The number of nitrogens with one attached hydrogen (secondary N) is 1. The van der Waals surface area contributed by atoms with Crippen LogP contribution in [0.5, 0.6) is 0 Å². The Kier molecular flexibility index (Phi) is 3.60. The summed E-state index contributed by atoms with van der Waals surface area (Å²) in [5, 5.41) is 3.14. The van der Waals surface area contributed by atoms with E-state index in [2.05, 4.69) is 31.1 Å². The molecule has 1 rings (SSSR count). The highest BCUT2D eigenvalue weighted by molar-refractivity contribution is 5.78. The van der Waals surface area contributed by atoms with E-state index in [1.54, 1.807) is 7.11 Å². The van der Waals surface area contributed by atoms with Gasteiger partial charge >= 0.3 is 0 Å². The summed E-state index contributed by atoms with van der Waals surface area (Å²) in [4.78, 5) is 4.33. The van der Waals surface area contributed by atoms with Gasteiger partial charge in [0, 0.05) is 12.6 Å². The summed E-state index contributed by atoms with van der Waals surface area (Å²) in [7, 11) is 1.75. The lowest BCUT2D eigenvalue weighted by atomic mass is 9.80. The van der Waals surface area contributed by atoms with E-state index in [4.69, 9.17) is 10.5 Å². The van der Waals surface area contributed by atoms with Gasteiger partial charge in [0.2, 0.25) is 0 Å².